The minimum Gasteiger partial charge on any atom is -0.320 e. The zero-order valence-electron chi connectivity index (χ0n) is 12.1. The monoisotopic (exact) mass is 317 g/mol. The van der Waals surface area contributed by atoms with Gasteiger partial charge in [0.25, 0.3) is 11.5 Å². The molecule has 0 spiro atoms. The molecule has 0 radical (unpaired) electrons. The third-order valence-corrected chi connectivity index (χ3v) is 2.61. The lowest BCUT2D eigenvalue weighted by Gasteiger charge is -2.11. The van der Waals surface area contributed by atoms with Gasteiger partial charge in [0.05, 0.1) is 17.8 Å². The number of hydrogen-bond acceptors (Lipinski definition) is 5. The summed E-state index contributed by atoms with van der Waals surface area (Å²) < 4.78 is 0. The highest BCUT2D eigenvalue weighted by atomic mass is 35.5. The summed E-state index contributed by atoms with van der Waals surface area (Å²) in [6.07, 6.45) is 1.71. The first-order valence-electron chi connectivity index (χ1n) is 6.23. The van der Waals surface area contributed by atoms with Crippen LogP contribution in [0.2, 0.25) is 0 Å². The van der Waals surface area contributed by atoms with Crippen LogP contribution in [0.25, 0.3) is 0 Å². The SMILES string of the molecule is Cc1[nH]c(=O)[nH]c(=O)c1/C=N/NC(=O)[C@@H](N)CC(C)C.Cl. The van der Waals surface area contributed by atoms with Crippen LogP contribution in [0, 0.1) is 12.8 Å². The van der Waals surface area contributed by atoms with Gasteiger partial charge < -0.3 is 10.7 Å². The number of carbonyl (C=O) groups is 1. The minimum atomic E-state index is -0.651. The van der Waals surface area contributed by atoms with Crippen LogP contribution in [-0.2, 0) is 4.79 Å². The van der Waals surface area contributed by atoms with Gasteiger partial charge in [0, 0.05) is 5.69 Å². The summed E-state index contributed by atoms with van der Waals surface area (Å²) in [6, 6.07) is -0.651. The van der Waals surface area contributed by atoms with Gasteiger partial charge in [-0.15, -0.1) is 12.4 Å². The number of nitrogens with one attached hydrogen (secondary N) is 3. The predicted octanol–water partition coefficient (Wildman–Crippen LogP) is -0.383. The second-order valence-corrected chi connectivity index (χ2v) is 4.92. The molecule has 0 aliphatic carbocycles. The summed E-state index contributed by atoms with van der Waals surface area (Å²) in [7, 11) is 0. The zero-order valence-corrected chi connectivity index (χ0v) is 12.9. The highest BCUT2D eigenvalue weighted by molar-refractivity contribution is 5.85. The molecule has 0 fully saturated rings. The first-order valence-corrected chi connectivity index (χ1v) is 6.23. The van der Waals surface area contributed by atoms with E-state index in [9.17, 15) is 14.4 Å². The molecule has 1 aromatic heterocycles. The standard InChI is InChI=1S/C12H19N5O3.ClH/c1-6(2)4-9(13)11(19)17-14-5-8-7(3)15-12(20)16-10(8)18;/h5-6,9H,4,13H2,1-3H3,(H,17,19)(H2,15,16,18,20);1H/b14-5+;/t9-;/m0./s1. The van der Waals surface area contributed by atoms with Crippen molar-refractivity contribution < 1.29 is 4.79 Å². The number of hydrogen-bond donors (Lipinski definition) is 4. The van der Waals surface area contributed by atoms with E-state index in [4.69, 9.17) is 5.73 Å². The fourth-order valence-corrected chi connectivity index (χ4v) is 1.62. The zero-order chi connectivity index (χ0) is 15.3. The maximum atomic E-state index is 11.6. The molecule has 1 amide bonds. The Bertz CT molecular complexity index is 620. The van der Waals surface area contributed by atoms with Gasteiger partial charge in [0.2, 0.25) is 0 Å². The molecular weight excluding hydrogens is 298 g/mol. The van der Waals surface area contributed by atoms with E-state index in [2.05, 4.69) is 20.5 Å². The van der Waals surface area contributed by atoms with E-state index in [0.717, 1.165) is 0 Å². The molecule has 1 aromatic rings. The van der Waals surface area contributed by atoms with Crippen molar-refractivity contribution in [2.45, 2.75) is 33.2 Å². The molecule has 0 saturated heterocycles. The molecule has 8 nitrogen and oxygen atoms in total. The van der Waals surface area contributed by atoms with Gasteiger partial charge in [-0.05, 0) is 19.3 Å². The van der Waals surface area contributed by atoms with Crippen molar-refractivity contribution >= 4 is 24.5 Å². The van der Waals surface area contributed by atoms with Crippen molar-refractivity contribution in [2.24, 2.45) is 16.8 Å². The third-order valence-electron chi connectivity index (χ3n) is 2.61. The van der Waals surface area contributed by atoms with Crippen LogP contribution in [0.3, 0.4) is 0 Å². The molecule has 1 heterocycles. The molecule has 0 aromatic carbocycles. The van der Waals surface area contributed by atoms with Crippen LogP contribution < -0.4 is 22.4 Å². The topological polar surface area (TPSA) is 133 Å². The van der Waals surface area contributed by atoms with Gasteiger partial charge in [0.1, 0.15) is 0 Å². The summed E-state index contributed by atoms with van der Waals surface area (Å²) in [6.45, 7) is 5.48. The number of aromatic amines is 2. The first-order chi connectivity index (χ1) is 9.31. The van der Waals surface area contributed by atoms with Crippen LogP contribution in [0.5, 0.6) is 0 Å². The number of aromatic nitrogens is 2. The van der Waals surface area contributed by atoms with Crippen molar-refractivity contribution in [1.29, 1.82) is 0 Å². The van der Waals surface area contributed by atoms with Crippen LogP contribution in [-0.4, -0.2) is 28.1 Å². The number of aryl methyl sites for hydroxylation is 1. The molecule has 5 N–H and O–H groups in total. The molecular formula is C12H20ClN5O3. The molecule has 1 atom stereocenters. The second kappa shape index (κ2) is 8.38. The Morgan fingerprint density at radius 1 is 1.38 bits per heavy atom. The first kappa shape index (κ1) is 19.1. The highest BCUT2D eigenvalue weighted by Crippen LogP contribution is 2.02. The Balaban J connectivity index is 0.00000400. The van der Waals surface area contributed by atoms with E-state index in [1.807, 2.05) is 13.8 Å². The van der Waals surface area contributed by atoms with Crippen molar-refractivity contribution in [3.63, 3.8) is 0 Å². The highest BCUT2D eigenvalue weighted by Gasteiger charge is 2.14. The van der Waals surface area contributed by atoms with Crippen LogP contribution >= 0.6 is 12.4 Å². The van der Waals surface area contributed by atoms with E-state index in [0.29, 0.717) is 18.0 Å². The van der Waals surface area contributed by atoms with E-state index in [1.54, 1.807) is 6.92 Å². The smallest absolute Gasteiger partial charge is 0.320 e. The number of hydrazone groups is 1. The number of nitrogens with zero attached hydrogens (tertiary/aromatic N) is 1. The van der Waals surface area contributed by atoms with Gasteiger partial charge in [-0.25, -0.2) is 10.2 Å². The summed E-state index contributed by atoms with van der Waals surface area (Å²) in [5.74, 6) is -0.127. The molecule has 0 bridgehead atoms. The summed E-state index contributed by atoms with van der Waals surface area (Å²) in [4.78, 5) is 38.6. The van der Waals surface area contributed by atoms with E-state index in [1.165, 1.54) is 6.21 Å². The second-order valence-electron chi connectivity index (χ2n) is 4.92. The van der Waals surface area contributed by atoms with Crippen LogP contribution in [0.4, 0.5) is 0 Å². The lowest BCUT2D eigenvalue weighted by atomic mass is 10.0. The molecule has 118 valence electrons. The number of amides is 1. The molecule has 0 aliphatic heterocycles. The van der Waals surface area contributed by atoms with Crippen molar-refractivity contribution in [3.05, 3.63) is 32.1 Å². The number of rotatable bonds is 5. The average Bonchev–Trinajstić information content (AvgIpc) is 2.31. The predicted molar refractivity (Wildman–Crippen MR) is 82.8 cm³/mol. The molecule has 21 heavy (non-hydrogen) atoms. The van der Waals surface area contributed by atoms with E-state index >= 15 is 0 Å². The molecule has 9 heteroatoms. The number of carbonyl (C=O) groups excluding carboxylic acids is 1. The Morgan fingerprint density at radius 2 is 2.00 bits per heavy atom. The van der Waals surface area contributed by atoms with Gasteiger partial charge >= 0.3 is 5.69 Å². The average molecular weight is 318 g/mol. The van der Waals surface area contributed by atoms with Crippen LogP contribution in [0.15, 0.2) is 14.7 Å². The van der Waals surface area contributed by atoms with Gasteiger partial charge in [-0.2, -0.15) is 5.10 Å². The minimum absolute atomic E-state index is 0. The Morgan fingerprint density at radius 3 is 2.52 bits per heavy atom. The summed E-state index contributed by atoms with van der Waals surface area (Å²) >= 11 is 0. The van der Waals surface area contributed by atoms with E-state index < -0.39 is 23.2 Å². The van der Waals surface area contributed by atoms with Gasteiger partial charge in [0.15, 0.2) is 0 Å². The van der Waals surface area contributed by atoms with Crippen molar-refractivity contribution in [1.82, 2.24) is 15.4 Å². The lowest BCUT2D eigenvalue weighted by molar-refractivity contribution is -0.122. The fourth-order valence-electron chi connectivity index (χ4n) is 1.62. The van der Waals surface area contributed by atoms with Crippen molar-refractivity contribution in [2.75, 3.05) is 0 Å². The van der Waals surface area contributed by atoms with Crippen LogP contribution in [0.1, 0.15) is 31.5 Å². The number of H-pyrrole nitrogens is 2. The van der Waals surface area contributed by atoms with Crippen molar-refractivity contribution in [3.8, 4) is 0 Å². The van der Waals surface area contributed by atoms with Gasteiger partial charge in [-0.3, -0.25) is 14.6 Å². The summed E-state index contributed by atoms with van der Waals surface area (Å²) in [5, 5.41) is 3.67. The number of nitrogens with two attached hydrogens (primary N) is 1. The van der Waals surface area contributed by atoms with E-state index in [-0.39, 0.29) is 18.0 Å². The molecule has 0 unspecified atom stereocenters. The Kier molecular flexibility index (Phi) is 7.61. The maximum Gasteiger partial charge on any atom is 0.325 e. The quantitative estimate of drug-likeness (QED) is 0.435. The summed E-state index contributed by atoms with van der Waals surface area (Å²) in [5.41, 5.74) is 7.31. The molecule has 1 rings (SSSR count). The lowest BCUT2D eigenvalue weighted by Crippen LogP contribution is -2.39. The van der Waals surface area contributed by atoms with Gasteiger partial charge in [-0.1, -0.05) is 13.8 Å². The number of halogens is 1. The Hall–Kier alpha value is -1.93. The Labute approximate surface area is 127 Å². The third kappa shape index (κ3) is 5.92. The normalized spacial score (nSPS) is 12.2. The molecule has 0 aliphatic rings. The maximum absolute atomic E-state index is 11.6. The molecule has 0 saturated carbocycles. The largest absolute Gasteiger partial charge is 0.325 e. The fraction of sp³-hybridized carbons (Fsp3) is 0.500.